The van der Waals surface area contributed by atoms with Gasteiger partial charge in [0.1, 0.15) is 0 Å². The molecule has 0 N–H and O–H groups in total. The Balaban J connectivity index is 2.00. The lowest BCUT2D eigenvalue weighted by Crippen LogP contribution is -2.15. The third kappa shape index (κ3) is 2.03. The van der Waals surface area contributed by atoms with Crippen LogP contribution in [0.5, 0.6) is 0 Å². The lowest BCUT2D eigenvalue weighted by atomic mass is 10.1. The van der Waals surface area contributed by atoms with E-state index < -0.39 is 0 Å². The van der Waals surface area contributed by atoms with Crippen LogP contribution in [0, 0.1) is 6.92 Å². The van der Waals surface area contributed by atoms with Crippen LogP contribution in [0.3, 0.4) is 0 Å². The van der Waals surface area contributed by atoms with E-state index in [0.717, 1.165) is 0 Å². The predicted octanol–water partition coefficient (Wildman–Crippen LogP) is 5.93. The van der Waals surface area contributed by atoms with Crippen molar-refractivity contribution in [3.05, 3.63) is 78.4 Å². The minimum Gasteiger partial charge on any atom is -0.308 e. The Labute approximate surface area is 129 Å². The molecule has 0 unspecified atom stereocenters. The van der Waals surface area contributed by atoms with Crippen LogP contribution in [-0.2, 0) is 0 Å². The Kier molecular flexibility index (Phi) is 2.97. The quantitative estimate of drug-likeness (QED) is 0.427. The maximum absolute atomic E-state index is 2.36. The molecule has 0 saturated heterocycles. The molecule has 0 amide bonds. The number of hydrogen-bond acceptors (Lipinski definition) is 2. The number of fused-ring (bicyclic) bond motifs is 2. The van der Waals surface area contributed by atoms with Crippen molar-refractivity contribution in [2.24, 2.45) is 0 Å². The van der Waals surface area contributed by atoms with Crippen LogP contribution < -0.4 is 4.90 Å². The van der Waals surface area contributed by atoms with Crippen LogP contribution in [0.25, 0.3) is 0 Å². The van der Waals surface area contributed by atoms with Gasteiger partial charge in [-0.15, -0.1) is 0 Å². The molecule has 0 aliphatic carbocycles. The highest BCUT2D eigenvalue weighted by Crippen LogP contribution is 2.52. The molecular weight excluding hydrogens is 274 g/mol. The molecule has 3 aromatic carbocycles. The van der Waals surface area contributed by atoms with Crippen LogP contribution >= 0.6 is 11.8 Å². The van der Waals surface area contributed by atoms with Gasteiger partial charge in [-0.2, -0.15) is 0 Å². The summed E-state index contributed by atoms with van der Waals surface area (Å²) in [5.74, 6) is 0. The number of anilines is 3. The summed E-state index contributed by atoms with van der Waals surface area (Å²) in [4.78, 5) is 5.01. The maximum atomic E-state index is 2.36. The lowest BCUT2D eigenvalue weighted by molar-refractivity contribution is 1.14. The van der Waals surface area contributed by atoms with Crippen molar-refractivity contribution in [1.29, 1.82) is 0 Å². The highest BCUT2D eigenvalue weighted by Gasteiger charge is 2.25. The molecule has 0 fully saturated rings. The number of rotatable bonds is 1. The Morgan fingerprint density at radius 3 is 2.29 bits per heavy atom. The van der Waals surface area contributed by atoms with Gasteiger partial charge in [0, 0.05) is 15.5 Å². The largest absolute Gasteiger partial charge is 0.308 e. The van der Waals surface area contributed by atoms with Gasteiger partial charge < -0.3 is 4.90 Å². The average Bonchev–Trinajstić information content (AvgIpc) is 2.54. The summed E-state index contributed by atoms with van der Waals surface area (Å²) in [7, 11) is 0. The molecule has 102 valence electrons. The van der Waals surface area contributed by atoms with Crippen LogP contribution in [0.1, 0.15) is 5.56 Å². The Bertz CT molecular complexity index is 796. The summed E-state index contributed by atoms with van der Waals surface area (Å²) in [6.45, 7) is 2.18. The van der Waals surface area contributed by atoms with Gasteiger partial charge in [-0.3, -0.25) is 0 Å². The molecule has 0 saturated carbocycles. The standard InChI is InChI=1S/C19H15NS/c1-14-8-7-12-17-19(14)21-18-13-6-5-11-16(18)20(17)15-9-3-2-4-10-15/h2-13H,1H3. The fourth-order valence-corrected chi connectivity index (χ4v) is 3.89. The van der Waals surface area contributed by atoms with Gasteiger partial charge in [0.05, 0.1) is 11.4 Å². The molecular formula is C19H15NS. The number of benzene rings is 3. The van der Waals surface area contributed by atoms with Gasteiger partial charge in [-0.1, -0.05) is 54.2 Å². The molecule has 1 nitrogen and oxygen atoms in total. The molecule has 0 spiro atoms. The van der Waals surface area contributed by atoms with Gasteiger partial charge in [0.15, 0.2) is 0 Å². The smallest absolute Gasteiger partial charge is 0.0604 e. The Morgan fingerprint density at radius 2 is 1.43 bits per heavy atom. The van der Waals surface area contributed by atoms with Gasteiger partial charge in [-0.05, 0) is 42.8 Å². The number of nitrogens with zero attached hydrogens (tertiary/aromatic N) is 1. The zero-order valence-corrected chi connectivity index (χ0v) is 12.6. The van der Waals surface area contributed by atoms with E-state index in [9.17, 15) is 0 Å². The highest BCUT2D eigenvalue weighted by molar-refractivity contribution is 7.99. The summed E-state index contributed by atoms with van der Waals surface area (Å²) in [6, 6.07) is 25.7. The summed E-state index contributed by atoms with van der Waals surface area (Å²) in [6.07, 6.45) is 0. The number of para-hydroxylation sites is 2. The van der Waals surface area contributed by atoms with Crippen molar-refractivity contribution in [2.75, 3.05) is 4.90 Å². The van der Waals surface area contributed by atoms with E-state index in [1.807, 2.05) is 11.8 Å². The van der Waals surface area contributed by atoms with Gasteiger partial charge >= 0.3 is 0 Å². The SMILES string of the molecule is Cc1cccc2c1Sc1ccccc1N2c1ccccc1. The molecule has 0 aromatic heterocycles. The monoisotopic (exact) mass is 289 g/mol. The van der Waals surface area contributed by atoms with Gasteiger partial charge in [-0.25, -0.2) is 0 Å². The number of aryl methyl sites for hydroxylation is 1. The first-order valence-electron chi connectivity index (χ1n) is 7.06. The molecule has 4 rings (SSSR count). The summed E-state index contributed by atoms with van der Waals surface area (Å²) in [5, 5.41) is 0. The lowest BCUT2D eigenvalue weighted by Gasteiger charge is -2.33. The summed E-state index contributed by atoms with van der Waals surface area (Å²) >= 11 is 1.87. The van der Waals surface area contributed by atoms with Crippen molar-refractivity contribution in [1.82, 2.24) is 0 Å². The van der Waals surface area contributed by atoms with E-state index in [2.05, 4.69) is 84.6 Å². The van der Waals surface area contributed by atoms with Crippen molar-refractivity contribution in [3.8, 4) is 0 Å². The fraction of sp³-hybridized carbons (Fsp3) is 0.0526. The Hall–Kier alpha value is -2.19. The molecule has 0 bridgehead atoms. The second-order valence-electron chi connectivity index (χ2n) is 5.16. The highest BCUT2D eigenvalue weighted by atomic mass is 32.2. The van der Waals surface area contributed by atoms with E-state index >= 15 is 0 Å². The molecule has 0 radical (unpaired) electrons. The first-order valence-corrected chi connectivity index (χ1v) is 7.88. The number of hydrogen-bond donors (Lipinski definition) is 0. The zero-order chi connectivity index (χ0) is 14.2. The minimum atomic E-state index is 1.21. The van der Waals surface area contributed by atoms with Crippen LogP contribution in [-0.4, -0.2) is 0 Å². The zero-order valence-electron chi connectivity index (χ0n) is 11.8. The normalized spacial score (nSPS) is 12.7. The van der Waals surface area contributed by atoms with Gasteiger partial charge in [0.2, 0.25) is 0 Å². The van der Waals surface area contributed by atoms with Crippen LogP contribution in [0.4, 0.5) is 17.1 Å². The fourth-order valence-electron chi connectivity index (χ4n) is 2.77. The van der Waals surface area contributed by atoms with E-state index in [0.29, 0.717) is 0 Å². The average molecular weight is 289 g/mol. The maximum Gasteiger partial charge on any atom is 0.0604 e. The van der Waals surface area contributed by atoms with E-state index in [1.54, 1.807) is 0 Å². The second-order valence-corrected chi connectivity index (χ2v) is 6.22. The summed E-state index contributed by atoms with van der Waals surface area (Å²) in [5.41, 5.74) is 5.06. The Morgan fingerprint density at radius 1 is 0.714 bits per heavy atom. The summed E-state index contributed by atoms with van der Waals surface area (Å²) < 4.78 is 0. The van der Waals surface area contributed by atoms with Gasteiger partial charge in [0.25, 0.3) is 0 Å². The van der Waals surface area contributed by atoms with E-state index in [4.69, 9.17) is 0 Å². The minimum absolute atomic E-state index is 1.21. The molecule has 1 aliphatic rings. The van der Waals surface area contributed by atoms with Crippen molar-refractivity contribution >= 4 is 28.8 Å². The second kappa shape index (κ2) is 4.97. The molecule has 1 aliphatic heterocycles. The molecule has 21 heavy (non-hydrogen) atoms. The first-order chi connectivity index (χ1) is 10.3. The first kappa shape index (κ1) is 12.5. The molecule has 1 heterocycles. The molecule has 0 atom stereocenters. The molecule has 3 aromatic rings. The van der Waals surface area contributed by atoms with Crippen molar-refractivity contribution in [3.63, 3.8) is 0 Å². The van der Waals surface area contributed by atoms with Crippen molar-refractivity contribution < 1.29 is 0 Å². The van der Waals surface area contributed by atoms with E-state index in [-0.39, 0.29) is 0 Å². The van der Waals surface area contributed by atoms with Crippen LogP contribution in [0.15, 0.2) is 82.6 Å². The van der Waals surface area contributed by atoms with E-state index in [1.165, 1.54) is 32.4 Å². The topological polar surface area (TPSA) is 3.24 Å². The molecule has 2 heteroatoms. The third-order valence-corrected chi connectivity index (χ3v) is 5.06. The van der Waals surface area contributed by atoms with Crippen LogP contribution in [0.2, 0.25) is 0 Å². The third-order valence-electron chi connectivity index (χ3n) is 3.76. The predicted molar refractivity (Wildman–Crippen MR) is 90.0 cm³/mol. The van der Waals surface area contributed by atoms with Crippen molar-refractivity contribution in [2.45, 2.75) is 16.7 Å².